The Hall–Kier alpha value is -3.82. The Morgan fingerprint density at radius 3 is 2.50 bits per heavy atom. The molecule has 1 saturated carbocycles. The van der Waals surface area contributed by atoms with Crippen molar-refractivity contribution in [1.29, 1.82) is 0 Å². The van der Waals surface area contributed by atoms with Crippen LogP contribution >= 0.6 is 22.9 Å². The van der Waals surface area contributed by atoms with Crippen LogP contribution in [0.4, 0.5) is 15.2 Å². The van der Waals surface area contributed by atoms with Gasteiger partial charge in [-0.05, 0) is 48.7 Å². The zero-order chi connectivity index (χ0) is 24.8. The quantitative estimate of drug-likeness (QED) is 0.248. The second-order valence-corrected chi connectivity index (χ2v) is 10.1. The first-order chi connectivity index (χ1) is 17.4. The van der Waals surface area contributed by atoms with E-state index in [0.29, 0.717) is 32.3 Å². The number of carboxylic acid groups (broad SMARTS) is 1. The van der Waals surface area contributed by atoms with E-state index in [4.69, 9.17) is 21.7 Å². The molecule has 1 aliphatic carbocycles. The summed E-state index contributed by atoms with van der Waals surface area (Å²) in [5.74, 6) is -0.488. The van der Waals surface area contributed by atoms with Crippen molar-refractivity contribution >= 4 is 50.8 Å². The van der Waals surface area contributed by atoms with Crippen LogP contribution in [-0.2, 0) is 11.2 Å². The monoisotopic (exact) mass is 519 g/mol. The number of aromatic nitrogens is 4. The molecule has 0 spiro atoms. The van der Waals surface area contributed by atoms with Gasteiger partial charge < -0.3 is 15.0 Å². The molecule has 2 N–H and O–H groups in total. The van der Waals surface area contributed by atoms with E-state index in [-0.39, 0.29) is 12.1 Å². The maximum absolute atomic E-state index is 15.2. The van der Waals surface area contributed by atoms with Crippen molar-refractivity contribution in [3.63, 3.8) is 0 Å². The molecule has 0 aliphatic heterocycles. The molecule has 10 heteroatoms. The third-order valence-electron chi connectivity index (χ3n) is 6.02. The van der Waals surface area contributed by atoms with Gasteiger partial charge in [-0.1, -0.05) is 47.2 Å². The SMILES string of the molecule is O=C(O)Cc1ccc(-c2nnc(Nc3cc4nc(-c5ccc(Cl)cc5)n(C5CC5)c4cc3F)s2)cc1. The van der Waals surface area contributed by atoms with Crippen molar-refractivity contribution in [2.75, 3.05) is 5.32 Å². The first-order valence-electron chi connectivity index (χ1n) is 11.3. The van der Waals surface area contributed by atoms with E-state index in [9.17, 15) is 4.79 Å². The molecule has 7 nitrogen and oxygen atoms in total. The van der Waals surface area contributed by atoms with Crippen LogP contribution < -0.4 is 5.32 Å². The number of hydrogen-bond donors (Lipinski definition) is 2. The Bertz CT molecular complexity index is 1590. The minimum Gasteiger partial charge on any atom is -0.481 e. The molecule has 180 valence electrons. The minimum atomic E-state index is -0.883. The van der Waals surface area contributed by atoms with Crippen molar-refractivity contribution in [3.8, 4) is 22.0 Å². The van der Waals surface area contributed by atoms with Crippen LogP contribution in [0.1, 0.15) is 24.4 Å². The summed E-state index contributed by atoms with van der Waals surface area (Å²) in [5.41, 5.74) is 4.15. The molecular formula is C26H19ClFN5O2S. The molecule has 0 amide bonds. The zero-order valence-corrected chi connectivity index (χ0v) is 20.4. The van der Waals surface area contributed by atoms with Gasteiger partial charge in [0.15, 0.2) is 0 Å². The first-order valence-corrected chi connectivity index (χ1v) is 12.5. The van der Waals surface area contributed by atoms with Gasteiger partial charge in [0.1, 0.15) is 16.6 Å². The average Bonchev–Trinajstić information content (AvgIpc) is 3.47. The maximum atomic E-state index is 15.2. The van der Waals surface area contributed by atoms with Gasteiger partial charge in [-0.2, -0.15) is 0 Å². The van der Waals surface area contributed by atoms with Gasteiger partial charge >= 0.3 is 5.97 Å². The van der Waals surface area contributed by atoms with Gasteiger partial charge in [-0.25, -0.2) is 9.37 Å². The molecule has 36 heavy (non-hydrogen) atoms. The van der Waals surface area contributed by atoms with Gasteiger partial charge in [0.05, 0.1) is 23.1 Å². The summed E-state index contributed by atoms with van der Waals surface area (Å²) in [5, 5.41) is 22.1. The number of carboxylic acids is 1. The van der Waals surface area contributed by atoms with E-state index in [1.165, 1.54) is 17.4 Å². The predicted molar refractivity (Wildman–Crippen MR) is 138 cm³/mol. The number of nitrogens with zero attached hydrogens (tertiary/aromatic N) is 4. The molecule has 0 unspecified atom stereocenters. The van der Waals surface area contributed by atoms with Crippen LogP contribution in [0.3, 0.4) is 0 Å². The minimum absolute atomic E-state index is 0.0405. The molecule has 2 heterocycles. The van der Waals surface area contributed by atoms with E-state index in [1.54, 1.807) is 30.3 Å². The Morgan fingerprint density at radius 1 is 1.08 bits per heavy atom. The van der Waals surface area contributed by atoms with Crippen molar-refractivity contribution in [2.24, 2.45) is 0 Å². The normalized spacial score (nSPS) is 13.3. The van der Waals surface area contributed by atoms with Gasteiger partial charge in [-0.15, -0.1) is 10.2 Å². The number of imidazole rings is 1. The topological polar surface area (TPSA) is 92.9 Å². The number of rotatable bonds is 7. The number of carbonyl (C=O) groups is 1. The number of nitrogens with one attached hydrogen (secondary N) is 1. The van der Waals surface area contributed by atoms with Crippen LogP contribution in [0.2, 0.25) is 5.02 Å². The fourth-order valence-corrected chi connectivity index (χ4v) is 5.05. The first kappa shape index (κ1) is 22.6. The maximum Gasteiger partial charge on any atom is 0.307 e. The van der Waals surface area contributed by atoms with Gasteiger partial charge in [0.2, 0.25) is 5.13 Å². The van der Waals surface area contributed by atoms with Gasteiger partial charge in [0, 0.05) is 28.3 Å². The molecule has 6 rings (SSSR count). The van der Waals surface area contributed by atoms with E-state index in [1.807, 2.05) is 24.3 Å². The molecular weight excluding hydrogens is 501 g/mol. The van der Waals surface area contributed by atoms with Gasteiger partial charge in [-0.3, -0.25) is 4.79 Å². The fraction of sp³-hybridized carbons (Fsp3) is 0.154. The third-order valence-corrected chi connectivity index (χ3v) is 7.16. The number of aliphatic carboxylic acids is 1. The summed E-state index contributed by atoms with van der Waals surface area (Å²) in [4.78, 5) is 15.7. The highest BCUT2D eigenvalue weighted by Gasteiger charge is 2.29. The van der Waals surface area contributed by atoms with Crippen molar-refractivity contribution < 1.29 is 14.3 Å². The van der Waals surface area contributed by atoms with Crippen molar-refractivity contribution in [1.82, 2.24) is 19.7 Å². The van der Waals surface area contributed by atoms with Crippen LogP contribution in [0.15, 0.2) is 60.7 Å². The highest BCUT2D eigenvalue weighted by molar-refractivity contribution is 7.18. The third kappa shape index (κ3) is 4.43. The van der Waals surface area contributed by atoms with E-state index < -0.39 is 11.8 Å². The van der Waals surface area contributed by atoms with E-state index in [0.717, 1.165) is 35.3 Å². The van der Waals surface area contributed by atoms with Crippen molar-refractivity contribution in [2.45, 2.75) is 25.3 Å². The number of halogens is 2. The lowest BCUT2D eigenvalue weighted by atomic mass is 10.1. The number of fused-ring (bicyclic) bond motifs is 1. The average molecular weight is 520 g/mol. The smallest absolute Gasteiger partial charge is 0.307 e. The largest absolute Gasteiger partial charge is 0.481 e. The van der Waals surface area contributed by atoms with Crippen LogP contribution in [0.5, 0.6) is 0 Å². The summed E-state index contributed by atoms with van der Waals surface area (Å²) in [7, 11) is 0. The zero-order valence-electron chi connectivity index (χ0n) is 18.8. The highest BCUT2D eigenvalue weighted by Crippen LogP contribution is 2.42. The summed E-state index contributed by atoms with van der Waals surface area (Å²) >= 11 is 7.34. The molecule has 5 aromatic rings. The number of anilines is 2. The molecule has 1 fully saturated rings. The second-order valence-electron chi connectivity index (χ2n) is 8.67. The number of hydrogen-bond acceptors (Lipinski definition) is 6. The Balaban J connectivity index is 1.30. The second kappa shape index (κ2) is 9.00. The molecule has 0 saturated heterocycles. The fourth-order valence-electron chi connectivity index (χ4n) is 4.16. The molecule has 3 aromatic carbocycles. The summed E-state index contributed by atoms with van der Waals surface area (Å²) in [6.07, 6.45) is 2.04. The standard InChI is InChI=1S/C26H19ClFN5O2S/c27-17-7-5-15(6-8-17)24-29-21-13-20(19(28)12-22(21)33(24)18-9-10-18)30-26-32-31-25(36-26)16-3-1-14(2-4-16)11-23(34)35/h1-8,12-13,18H,9-11H2,(H,30,32)(H,34,35). The number of benzene rings is 3. The molecule has 0 bridgehead atoms. The van der Waals surface area contributed by atoms with Crippen LogP contribution in [0, 0.1) is 5.82 Å². The van der Waals surface area contributed by atoms with E-state index in [2.05, 4.69) is 20.1 Å². The molecule has 2 aromatic heterocycles. The summed E-state index contributed by atoms with van der Waals surface area (Å²) in [6, 6.07) is 18.1. The van der Waals surface area contributed by atoms with Crippen LogP contribution in [-0.4, -0.2) is 30.8 Å². The Morgan fingerprint density at radius 2 is 1.81 bits per heavy atom. The molecule has 1 aliphatic rings. The summed E-state index contributed by atoms with van der Waals surface area (Å²) in [6.45, 7) is 0. The Labute approximate surface area is 214 Å². The summed E-state index contributed by atoms with van der Waals surface area (Å²) < 4.78 is 17.3. The lowest BCUT2D eigenvalue weighted by Crippen LogP contribution is -1.99. The molecule has 0 atom stereocenters. The van der Waals surface area contributed by atoms with E-state index >= 15 is 4.39 Å². The van der Waals surface area contributed by atoms with Gasteiger partial charge in [0.25, 0.3) is 0 Å². The molecule has 0 radical (unpaired) electrons. The van der Waals surface area contributed by atoms with Crippen LogP contribution in [0.25, 0.3) is 33.0 Å². The van der Waals surface area contributed by atoms with Crippen molar-refractivity contribution in [3.05, 3.63) is 77.1 Å². The lowest BCUT2D eigenvalue weighted by Gasteiger charge is -2.09. The lowest BCUT2D eigenvalue weighted by molar-refractivity contribution is -0.136. The Kier molecular flexibility index (Phi) is 5.66. The predicted octanol–water partition coefficient (Wildman–Crippen LogP) is 6.72. The highest BCUT2D eigenvalue weighted by atomic mass is 35.5.